The predicted molar refractivity (Wildman–Crippen MR) is 122 cm³/mol. The number of aromatic nitrogens is 2. The molecule has 2 amide bonds. The minimum Gasteiger partial charge on any atom is -0.493 e. The second-order valence-corrected chi connectivity index (χ2v) is 7.77. The van der Waals surface area contributed by atoms with Gasteiger partial charge >= 0.3 is 6.03 Å². The molecule has 0 saturated carbocycles. The molecule has 2 heterocycles. The minimum atomic E-state index is -0.322. The summed E-state index contributed by atoms with van der Waals surface area (Å²) in [6.07, 6.45) is 0.407. The minimum absolute atomic E-state index is 0.322. The van der Waals surface area contributed by atoms with Crippen molar-refractivity contribution in [1.82, 2.24) is 15.5 Å². The van der Waals surface area contributed by atoms with Crippen molar-refractivity contribution in [2.24, 2.45) is 0 Å². The number of rotatable bonds is 8. The maximum Gasteiger partial charge on any atom is 0.319 e. The van der Waals surface area contributed by atoms with E-state index in [2.05, 4.69) is 20.8 Å². The molecule has 2 aromatic carbocycles. The summed E-state index contributed by atoms with van der Waals surface area (Å²) in [6.45, 7) is 0.336. The van der Waals surface area contributed by atoms with E-state index in [1.807, 2.05) is 53.9 Å². The van der Waals surface area contributed by atoms with Crippen molar-refractivity contribution in [2.75, 3.05) is 19.5 Å². The smallest absolute Gasteiger partial charge is 0.319 e. The molecule has 0 radical (unpaired) electrons. The Morgan fingerprint density at radius 2 is 1.91 bits per heavy atom. The molecule has 0 fully saturated rings. The number of benzene rings is 2. The Morgan fingerprint density at radius 1 is 1.06 bits per heavy atom. The number of carbonyl (C=O) groups is 1. The lowest BCUT2D eigenvalue weighted by atomic mass is 10.1. The number of hydrogen-bond donors (Lipinski definition) is 2. The van der Waals surface area contributed by atoms with Gasteiger partial charge in [0.25, 0.3) is 0 Å². The summed E-state index contributed by atoms with van der Waals surface area (Å²) < 4.78 is 15.9. The third kappa shape index (κ3) is 5.06. The molecule has 9 heteroatoms. The lowest BCUT2D eigenvalue weighted by Crippen LogP contribution is -2.28. The number of para-hydroxylation sites is 1. The molecule has 0 aliphatic carbocycles. The van der Waals surface area contributed by atoms with Crippen molar-refractivity contribution >= 4 is 23.1 Å². The number of amides is 2. The zero-order valence-electron chi connectivity index (χ0n) is 17.6. The summed E-state index contributed by atoms with van der Waals surface area (Å²) in [5, 5.41) is 11.8. The molecule has 4 rings (SSSR count). The van der Waals surface area contributed by atoms with Gasteiger partial charge in [-0.2, -0.15) is 4.98 Å². The van der Waals surface area contributed by atoms with Crippen LogP contribution in [0.5, 0.6) is 11.5 Å². The molecule has 0 aliphatic rings. The first-order chi connectivity index (χ1) is 15.7. The van der Waals surface area contributed by atoms with E-state index in [1.54, 1.807) is 31.6 Å². The van der Waals surface area contributed by atoms with Gasteiger partial charge in [0.2, 0.25) is 11.7 Å². The number of nitrogens with zero attached hydrogens (tertiary/aromatic N) is 2. The lowest BCUT2D eigenvalue weighted by Gasteiger charge is -2.12. The summed E-state index contributed by atoms with van der Waals surface area (Å²) in [6, 6.07) is 16.6. The van der Waals surface area contributed by atoms with Crippen LogP contribution < -0.4 is 20.1 Å². The number of urea groups is 1. The number of anilines is 1. The average molecular weight is 451 g/mol. The monoisotopic (exact) mass is 450 g/mol. The van der Waals surface area contributed by atoms with E-state index in [0.29, 0.717) is 41.9 Å². The number of nitrogens with one attached hydrogen (secondary N) is 2. The number of carbonyl (C=O) groups excluding carboxylic acids is 1. The van der Waals surface area contributed by atoms with Gasteiger partial charge in [0, 0.05) is 12.2 Å². The first-order valence-electron chi connectivity index (χ1n) is 9.86. The van der Waals surface area contributed by atoms with Gasteiger partial charge in [0.1, 0.15) is 0 Å². The second-order valence-electron chi connectivity index (χ2n) is 6.82. The van der Waals surface area contributed by atoms with Crippen LogP contribution in [0.3, 0.4) is 0 Å². The van der Waals surface area contributed by atoms with E-state index in [4.69, 9.17) is 14.0 Å². The van der Waals surface area contributed by atoms with E-state index in [-0.39, 0.29) is 6.03 Å². The zero-order valence-corrected chi connectivity index (χ0v) is 18.4. The van der Waals surface area contributed by atoms with E-state index >= 15 is 0 Å². The number of methoxy groups -OCH3 is 2. The van der Waals surface area contributed by atoms with Crippen molar-refractivity contribution in [2.45, 2.75) is 13.0 Å². The Bertz CT molecular complexity index is 1190. The molecule has 8 nitrogen and oxygen atoms in total. The fourth-order valence-electron chi connectivity index (χ4n) is 3.13. The highest BCUT2D eigenvalue weighted by Crippen LogP contribution is 2.27. The fraction of sp³-hybridized carbons (Fsp3) is 0.174. The van der Waals surface area contributed by atoms with Crippen LogP contribution in [0, 0.1) is 0 Å². The SMILES string of the molecule is COc1ccc(CNC(=O)Nc2ccccc2Cc2nc(-c3cccs3)no2)cc1OC. The van der Waals surface area contributed by atoms with Crippen LogP contribution in [0.15, 0.2) is 64.5 Å². The zero-order chi connectivity index (χ0) is 22.3. The summed E-state index contributed by atoms with van der Waals surface area (Å²) in [5.41, 5.74) is 2.43. The first kappa shape index (κ1) is 21.4. The van der Waals surface area contributed by atoms with Crippen LogP contribution in [-0.4, -0.2) is 30.4 Å². The van der Waals surface area contributed by atoms with E-state index in [1.165, 1.54) is 0 Å². The molecule has 2 N–H and O–H groups in total. The molecule has 0 aliphatic heterocycles. The summed E-state index contributed by atoms with van der Waals surface area (Å²) >= 11 is 1.55. The van der Waals surface area contributed by atoms with Crippen LogP contribution in [0.25, 0.3) is 10.7 Å². The van der Waals surface area contributed by atoms with Gasteiger partial charge in [0.15, 0.2) is 11.5 Å². The highest BCUT2D eigenvalue weighted by molar-refractivity contribution is 7.13. The van der Waals surface area contributed by atoms with E-state index in [0.717, 1.165) is 16.0 Å². The third-order valence-electron chi connectivity index (χ3n) is 4.72. The van der Waals surface area contributed by atoms with Gasteiger partial charge in [-0.25, -0.2) is 4.79 Å². The second kappa shape index (κ2) is 9.97. The Hall–Kier alpha value is -3.85. The van der Waals surface area contributed by atoms with Crippen molar-refractivity contribution < 1.29 is 18.8 Å². The maximum atomic E-state index is 12.5. The van der Waals surface area contributed by atoms with Gasteiger partial charge < -0.3 is 24.6 Å². The molecule has 0 bridgehead atoms. The summed E-state index contributed by atoms with van der Waals surface area (Å²) in [5.74, 6) is 2.29. The van der Waals surface area contributed by atoms with Crippen molar-refractivity contribution in [1.29, 1.82) is 0 Å². The normalized spacial score (nSPS) is 10.6. The van der Waals surface area contributed by atoms with Gasteiger partial charge in [-0.15, -0.1) is 11.3 Å². The van der Waals surface area contributed by atoms with Crippen LogP contribution in [0.4, 0.5) is 10.5 Å². The fourth-order valence-corrected chi connectivity index (χ4v) is 3.78. The standard InChI is InChI=1S/C23H22N4O4S/c1-29-18-10-9-15(12-19(18)30-2)14-24-23(28)25-17-7-4-3-6-16(17)13-21-26-22(27-31-21)20-8-5-11-32-20/h3-12H,13-14H2,1-2H3,(H2,24,25,28). The Labute approximate surface area is 189 Å². The summed E-state index contributed by atoms with van der Waals surface area (Å²) in [7, 11) is 3.16. The lowest BCUT2D eigenvalue weighted by molar-refractivity contribution is 0.251. The van der Waals surface area contributed by atoms with Gasteiger partial charge in [-0.1, -0.05) is 35.5 Å². The largest absolute Gasteiger partial charge is 0.493 e. The molecule has 0 unspecified atom stereocenters. The maximum absolute atomic E-state index is 12.5. The van der Waals surface area contributed by atoms with Gasteiger partial charge in [-0.05, 0) is 40.8 Å². The molecule has 2 aromatic heterocycles. The quantitative estimate of drug-likeness (QED) is 0.403. The molecule has 0 atom stereocenters. The number of thiophene rings is 1. The van der Waals surface area contributed by atoms with Gasteiger partial charge in [0.05, 0.1) is 25.5 Å². The van der Waals surface area contributed by atoms with Crippen molar-refractivity contribution in [3.63, 3.8) is 0 Å². The number of hydrogen-bond acceptors (Lipinski definition) is 7. The molecular formula is C23H22N4O4S. The van der Waals surface area contributed by atoms with Crippen LogP contribution in [0.2, 0.25) is 0 Å². The topological polar surface area (TPSA) is 98.5 Å². The molecule has 32 heavy (non-hydrogen) atoms. The Kier molecular flexibility index (Phi) is 6.66. The summed E-state index contributed by atoms with van der Waals surface area (Å²) in [4.78, 5) is 17.9. The van der Waals surface area contributed by atoms with Crippen LogP contribution in [0.1, 0.15) is 17.0 Å². The van der Waals surface area contributed by atoms with Crippen molar-refractivity contribution in [3.05, 3.63) is 77.0 Å². The van der Waals surface area contributed by atoms with Crippen LogP contribution in [-0.2, 0) is 13.0 Å². The van der Waals surface area contributed by atoms with E-state index < -0.39 is 0 Å². The Morgan fingerprint density at radius 3 is 2.69 bits per heavy atom. The molecule has 0 saturated heterocycles. The average Bonchev–Trinajstić information content (AvgIpc) is 3.51. The first-order valence-corrected chi connectivity index (χ1v) is 10.7. The highest BCUT2D eigenvalue weighted by Gasteiger charge is 2.13. The van der Waals surface area contributed by atoms with Crippen molar-refractivity contribution in [3.8, 4) is 22.2 Å². The third-order valence-corrected chi connectivity index (χ3v) is 5.58. The highest BCUT2D eigenvalue weighted by atomic mass is 32.1. The molecule has 4 aromatic rings. The molecule has 164 valence electrons. The van der Waals surface area contributed by atoms with Crippen LogP contribution >= 0.6 is 11.3 Å². The van der Waals surface area contributed by atoms with E-state index in [9.17, 15) is 4.79 Å². The van der Waals surface area contributed by atoms with Gasteiger partial charge in [-0.3, -0.25) is 0 Å². The predicted octanol–water partition coefficient (Wildman–Crippen LogP) is 4.73. The number of ether oxygens (including phenoxy) is 2. The molecule has 0 spiro atoms. The Balaban J connectivity index is 1.39. The molecular weight excluding hydrogens is 428 g/mol.